The number of halogens is 2. The number of benzene rings is 1. The number of nitrogens with zero attached hydrogens (tertiary/aromatic N) is 1. The molecule has 1 aromatic carbocycles. The molecular formula is C12H16Cl2N2. The van der Waals surface area contributed by atoms with Gasteiger partial charge in [0.2, 0.25) is 0 Å². The summed E-state index contributed by atoms with van der Waals surface area (Å²) in [5, 5.41) is 3.52. The summed E-state index contributed by atoms with van der Waals surface area (Å²) >= 11 is 11.8. The zero-order valence-electron chi connectivity index (χ0n) is 9.18. The molecule has 1 aliphatic rings. The van der Waals surface area contributed by atoms with Crippen molar-refractivity contribution in [3.05, 3.63) is 33.8 Å². The van der Waals surface area contributed by atoms with Crippen LogP contribution in [-0.2, 0) is 6.54 Å². The highest BCUT2D eigenvalue weighted by molar-refractivity contribution is 6.42. The molecule has 0 saturated carbocycles. The van der Waals surface area contributed by atoms with Gasteiger partial charge in [-0.2, -0.15) is 0 Å². The number of rotatable bonds is 3. The summed E-state index contributed by atoms with van der Waals surface area (Å²) in [6.45, 7) is 3.10. The van der Waals surface area contributed by atoms with Crippen LogP contribution in [0.25, 0.3) is 0 Å². The third kappa shape index (κ3) is 3.36. The molecule has 0 amide bonds. The molecule has 0 bridgehead atoms. The number of nitrogens with one attached hydrogen (secondary N) is 1. The van der Waals surface area contributed by atoms with Crippen LogP contribution in [0.3, 0.4) is 0 Å². The van der Waals surface area contributed by atoms with Gasteiger partial charge >= 0.3 is 0 Å². The Balaban J connectivity index is 1.86. The second-order valence-corrected chi connectivity index (χ2v) is 4.95. The van der Waals surface area contributed by atoms with Crippen molar-refractivity contribution in [2.24, 2.45) is 0 Å². The Morgan fingerprint density at radius 1 is 1.06 bits per heavy atom. The molecule has 1 aromatic rings. The van der Waals surface area contributed by atoms with Gasteiger partial charge in [-0.3, -0.25) is 5.43 Å². The summed E-state index contributed by atoms with van der Waals surface area (Å²) in [5.74, 6) is 0. The van der Waals surface area contributed by atoms with E-state index in [-0.39, 0.29) is 0 Å². The van der Waals surface area contributed by atoms with Gasteiger partial charge in [-0.1, -0.05) is 35.7 Å². The van der Waals surface area contributed by atoms with Crippen LogP contribution in [0, 0.1) is 0 Å². The van der Waals surface area contributed by atoms with Crippen LogP contribution in [0.5, 0.6) is 0 Å². The van der Waals surface area contributed by atoms with Crippen molar-refractivity contribution in [1.29, 1.82) is 0 Å². The van der Waals surface area contributed by atoms with E-state index in [0.29, 0.717) is 10.0 Å². The zero-order valence-corrected chi connectivity index (χ0v) is 10.7. The summed E-state index contributed by atoms with van der Waals surface area (Å²) in [5.41, 5.74) is 4.58. The molecule has 88 valence electrons. The first-order valence-corrected chi connectivity index (χ1v) is 6.44. The van der Waals surface area contributed by atoms with Gasteiger partial charge in [0.25, 0.3) is 0 Å². The first-order valence-electron chi connectivity index (χ1n) is 5.68. The standard InChI is InChI=1S/C12H16Cl2N2/c13-11-5-4-10(8-12(11)14)9-15-16-6-2-1-3-7-16/h4-5,8,15H,1-3,6-7,9H2. The fourth-order valence-corrected chi connectivity index (χ4v) is 2.23. The molecule has 1 fully saturated rings. The van der Waals surface area contributed by atoms with E-state index in [4.69, 9.17) is 23.2 Å². The Morgan fingerprint density at radius 3 is 2.50 bits per heavy atom. The minimum atomic E-state index is 0.614. The van der Waals surface area contributed by atoms with E-state index in [1.54, 1.807) is 0 Å². The molecule has 0 aromatic heterocycles. The highest BCUT2D eigenvalue weighted by Gasteiger charge is 2.09. The molecule has 1 N–H and O–H groups in total. The van der Waals surface area contributed by atoms with Gasteiger partial charge in [-0.05, 0) is 30.5 Å². The van der Waals surface area contributed by atoms with Crippen LogP contribution in [0.1, 0.15) is 24.8 Å². The Labute approximate surface area is 107 Å². The van der Waals surface area contributed by atoms with E-state index in [0.717, 1.165) is 19.6 Å². The SMILES string of the molecule is Clc1ccc(CNN2CCCCC2)cc1Cl. The number of hydrogen-bond donors (Lipinski definition) is 1. The van der Waals surface area contributed by atoms with Crippen molar-refractivity contribution in [1.82, 2.24) is 10.4 Å². The molecule has 0 aliphatic carbocycles. The molecule has 2 nitrogen and oxygen atoms in total. The zero-order chi connectivity index (χ0) is 11.4. The molecule has 1 saturated heterocycles. The second kappa shape index (κ2) is 5.87. The topological polar surface area (TPSA) is 15.3 Å². The summed E-state index contributed by atoms with van der Waals surface area (Å²) in [6.07, 6.45) is 3.92. The smallest absolute Gasteiger partial charge is 0.0595 e. The van der Waals surface area contributed by atoms with Crippen molar-refractivity contribution in [2.45, 2.75) is 25.8 Å². The maximum absolute atomic E-state index is 5.96. The molecule has 1 heterocycles. The van der Waals surface area contributed by atoms with Crippen molar-refractivity contribution in [3.63, 3.8) is 0 Å². The van der Waals surface area contributed by atoms with Crippen molar-refractivity contribution >= 4 is 23.2 Å². The third-order valence-corrected chi connectivity index (χ3v) is 3.59. The Kier molecular flexibility index (Phi) is 4.47. The van der Waals surface area contributed by atoms with E-state index >= 15 is 0 Å². The Hall–Kier alpha value is -0.280. The van der Waals surface area contributed by atoms with Gasteiger partial charge in [0.15, 0.2) is 0 Å². The molecule has 0 spiro atoms. The molecule has 0 atom stereocenters. The normalized spacial score (nSPS) is 17.6. The first kappa shape index (κ1) is 12.2. The first-order chi connectivity index (χ1) is 7.75. The van der Waals surface area contributed by atoms with Gasteiger partial charge in [0, 0.05) is 19.6 Å². The van der Waals surface area contributed by atoms with Gasteiger partial charge in [-0.25, -0.2) is 5.01 Å². The minimum Gasteiger partial charge on any atom is -0.251 e. The highest BCUT2D eigenvalue weighted by atomic mass is 35.5. The van der Waals surface area contributed by atoms with Crippen molar-refractivity contribution in [3.8, 4) is 0 Å². The van der Waals surface area contributed by atoms with Gasteiger partial charge in [0.1, 0.15) is 0 Å². The van der Waals surface area contributed by atoms with E-state index in [2.05, 4.69) is 10.4 Å². The Morgan fingerprint density at radius 2 is 1.81 bits per heavy atom. The van der Waals surface area contributed by atoms with Crippen LogP contribution in [0.2, 0.25) is 10.0 Å². The lowest BCUT2D eigenvalue weighted by atomic mass is 10.2. The van der Waals surface area contributed by atoms with Crippen LogP contribution in [-0.4, -0.2) is 18.1 Å². The predicted octanol–water partition coefficient (Wildman–Crippen LogP) is 3.48. The minimum absolute atomic E-state index is 0.614. The summed E-state index contributed by atoms with van der Waals surface area (Å²) < 4.78 is 0. The molecule has 1 aliphatic heterocycles. The second-order valence-electron chi connectivity index (χ2n) is 4.13. The lowest BCUT2D eigenvalue weighted by molar-refractivity contribution is 0.151. The number of hydrogen-bond acceptors (Lipinski definition) is 2. The predicted molar refractivity (Wildman–Crippen MR) is 68.7 cm³/mol. The largest absolute Gasteiger partial charge is 0.251 e. The van der Waals surface area contributed by atoms with Crippen molar-refractivity contribution < 1.29 is 0 Å². The fourth-order valence-electron chi connectivity index (χ4n) is 1.90. The molecule has 2 rings (SSSR count). The lowest BCUT2D eigenvalue weighted by Crippen LogP contribution is -2.41. The monoisotopic (exact) mass is 258 g/mol. The number of piperidine rings is 1. The fraction of sp³-hybridized carbons (Fsp3) is 0.500. The average molecular weight is 259 g/mol. The maximum Gasteiger partial charge on any atom is 0.0595 e. The molecule has 0 radical (unpaired) electrons. The van der Waals surface area contributed by atoms with Crippen LogP contribution >= 0.6 is 23.2 Å². The van der Waals surface area contributed by atoms with Crippen LogP contribution in [0.4, 0.5) is 0 Å². The molecule has 16 heavy (non-hydrogen) atoms. The van der Waals surface area contributed by atoms with E-state index in [1.165, 1.54) is 24.8 Å². The Bertz CT molecular complexity index is 349. The maximum atomic E-state index is 5.96. The summed E-state index contributed by atoms with van der Waals surface area (Å²) in [4.78, 5) is 0. The van der Waals surface area contributed by atoms with Crippen LogP contribution in [0.15, 0.2) is 18.2 Å². The molecule has 0 unspecified atom stereocenters. The number of hydrazine groups is 1. The molecule has 4 heteroatoms. The molecular weight excluding hydrogens is 243 g/mol. The van der Waals surface area contributed by atoms with Gasteiger partial charge in [-0.15, -0.1) is 0 Å². The summed E-state index contributed by atoms with van der Waals surface area (Å²) in [7, 11) is 0. The van der Waals surface area contributed by atoms with Crippen LogP contribution < -0.4 is 5.43 Å². The third-order valence-electron chi connectivity index (χ3n) is 2.85. The van der Waals surface area contributed by atoms with Gasteiger partial charge in [0.05, 0.1) is 10.0 Å². The van der Waals surface area contributed by atoms with Crippen molar-refractivity contribution in [2.75, 3.05) is 13.1 Å². The average Bonchev–Trinajstić information content (AvgIpc) is 2.32. The van der Waals surface area contributed by atoms with E-state index in [1.807, 2.05) is 18.2 Å². The highest BCUT2D eigenvalue weighted by Crippen LogP contribution is 2.22. The lowest BCUT2D eigenvalue weighted by Gasteiger charge is -2.27. The quantitative estimate of drug-likeness (QED) is 0.893. The van der Waals surface area contributed by atoms with E-state index in [9.17, 15) is 0 Å². The summed E-state index contributed by atoms with van der Waals surface area (Å²) in [6, 6.07) is 5.77. The van der Waals surface area contributed by atoms with E-state index < -0.39 is 0 Å². The van der Waals surface area contributed by atoms with Gasteiger partial charge < -0.3 is 0 Å².